The van der Waals surface area contributed by atoms with E-state index in [9.17, 15) is 14.7 Å². The van der Waals surface area contributed by atoms with E-state index >= 15 is 0 Å². The number of hydrogen-bond donors (Lipinski definition) is 1. The zero-order valence-electron chi connectivity index (χ0n) is 27.7. The van der Waals surface area contributed by atoms with Crippen LogP contribution in [0.3, 0.4) is 0 Å². The van der Waals surface area contributed by atoms with Crippen LogP contribution < -0.4 is 29.6 Å². The van der Waals surface area contributed by atoms with Gasteiger partial charge in [-0.05, 0) is 98.8 Å². The molecule has 9 nitrogen and oxygen atoms in total. The van der Waals surface area contributed by atoms with Crippen molar-refractivity contribution < 1.29 is 64.6 Å². The average Bonchev–Trinajstić information content (AvgIpc) is 3.39. The molecular formula is C28H56IN2NaO7. The third-order valence-electron chi connectivity index (χ3n) is 6.29. The molecule has 2 amide bonds. The molecule has 3 aliphatic rings. The molecule has 0 radical (unpaired) electrons. The Hall–Kier alpha value is 0.150. The van der Waals surface area contributed by atoms with Crippen molar-refractivity contribution in [3.8, 4) is 0 Å². The van der Waals surface area contributed by atoms with Crippen molar-refractivity contribution in [3.63, 3.8) is 0 Å². The summed E-state index contributed by atoms with van der Waals surface area (Å²) in [6, 6.07) is 0. The van der Waals surface area contributed by atoms with Crippen LogP contribution >= 0.6 is 22.6 Å². The van der Waals surface area contributed by atoms with E-state index in [1.54, 1.807) is 23.8 Å². The molecule has 3 rings (SSSR count). The first-order valence-corrected chi connectivity index (χ1v) is 15.8. The number of likely N-dealkylation sites (tertiary alicyclic amines) is 2. The molecule has 0 aromatic rings. The molecule has 11 heteroatoms. The second-order valence-electron chi connectivity index (χ2n) is 12.4. The van der Waals surface area contributed by atoms with Gasteiger partial charge in [0.05, 0.1) is 11.2 Å². The summed E-state index contributed by atoms with van der Waals surface area (Å²) in [6.45, 7) is 19.7. The number of alkyl halides is 1. The zero-order chi connectivity index (χ0) is 29.6. The molecule has 0 aromatic carbocycles. The molecule has 0 saturated carbocycles. The minimum atomic E-state index is -0.626. The van der Waals surface area contributed by atoms with Crippen LogP contribution in [0.5, 0.6) is 0 Å². The van der Waals surface area contributed by atoms with Crippen molar-refractivity contribution in [2.24, 2.45) is 0 Å². The van der Waals surface area contributed by atoms with Crippen molar-refractivity contribution in [1.82, 2.24) is 9.80 Å². The Kier molecular flexibility index (Phi) is 20.5. The minimum absolute atomic E-state index is 0. The summed E-state index contributed by atoms with van der Waals surface area (Å²) in [7, 11) is 1.73. The molecule has 3 fully saturated rings. The first-order chi connectivity index (χ1) is 17.5. The molecule has 228 valence electrons. The third-order valence-corrected chi connectivity index (χ3v) is 6.29. The van der Waals surface area contributed by atoms with E-state index in [1.807, 2.05) is 46.5 Å². The van der Waals surface area contributed by atoms with E-state index < -0.39 is 16.8 Å². The van der Waals surface area contributed by atoms with Crippen LogP contribution in [0.4, 0.5) is 9.59 Å². The molecule has 0 atom stereocenters. The van der Waals surface area contributed by atoms with Crippen LogP contribution in [-0.2, 0) is 18.9 Å². The summed E-state index contributed by atoms with van der Waals surface area (Å²) in [6.07, 6.45) is 5.02. The van der Waals surface area contributed by atoms with Crippen LogP contribution in [0.2, 0.25) is 0 Å². The Morgan fingerprint density at radius 3 is 1.38 bits per heavy atom. The summed E-state index contributed by atoms with van der Waals surface area (Å²) in [5.41, 5.74) is -1.58. The van der Waals surface area contributed by atoms with Gasteiger partial charge in [0.15, 0.2) is 0 Å². The Labute approximate surface area is 275 Å². The molecule has 0 unspecified atom stereocenters. The average molecular weight is 683 g/mol. The maximum absolute atomic E-state index is 11.8. The van der Waals surface area contributed by atoms with Crippen LogP contribution in [0, 0.1) is 0 Å². The van der Waals surface area contributed by atoms with Gasteiger partial charge in [-0.15, -0.1) is 0 Å². The van der Waals surface area contributed by atoms with Gasteiger partial charge in [-0.25, -0.2) is 9.59 Å². The van der Waals surface area contributed by atoms with Gasteiger partial charge in [0.1, 0.15) is 11.2 Å². The van der Waals surface area contributed by atoms with E-state index in [1.165, 1.54) is 12.8 Å². The van der Waals surface area contributed by atoms with Gasteiger partial charge >= 0.3 is 41.7 Å². The van der Waals surface area contributed by atoms with Gasteiger partial charge in [0, 0.05) is 46.5 Å². The number of piperidine rings is 2. The number of carbonyl (C=O) groups is 2. The van der Waals surface area contributed by atoms with Gasteiger partial charge in [0.2, 0.25) is 0 Å². The van der Waals surface area contributed by atoms with Gasteiger partial charge in [-0.1, -0.05) is 22.6 Å². The molecule has 0 aromatic heterocycles. The molecule has 0 bridgehead atoms. The zero-order valence-corrected chi connectivity index (χ0v) is 30.8. The monoisotopic (exact) mass is 682 g/mol. The maximum atomic E-state index is 11.8. The Morgan fingerprint density at radius 1 is 0.795 bits per heavy atom. The van der Waals surface area contributed by atoms with Crippen molar-refractivity contribution in [2.75, 3.05) is 51.4 Å². The quantitative estimate of drug-likeness (QED) is 0.258. The standard InChI is InChI=1S/C12H23NO3.C11H21NO3.C4H8O.CH3I.Na.H/c1-11(2,3)16-10(14)13-8-6-12(4,15-5)7-9-13;1-10(2,3)15-9(13)12-7-5-11(4,14)6-8-12;1-2-4-5-3-1;1-2;;/h6-9H2,1-5H3;14H,5-8H2,1-4H3;1-4H2;1H3;;/q;;;;+1;-1. The molecule has 39 heavy (non-hydrogen) atoms. The summed E-state index contributed by atoms with van der Waals surface area (Å²) in [5, 5.41) is 9.73. The normalized spacial score (nSPS) is 19.9. The first kappa shape index (κ1) is 41.3. The number of nitrogens with zero attached hydrogens (tertiary/aromatic N) is 2. The van der Waals surface area contributed by atoms with Gasteiger partial charge in [-0.3, -0.25) is 0 Å². The fourth-order valence-corrected chi connectivity index (χ4v) is 3.70. The van der Waals surface area contributed by atoms with Gasteiger partial charge in [-0.2, -0.15) is 0 Å². The SMILES string of the molecule is C1CCOC1.CC1(O)CCN(C(=O)OC(C)(C)C)CC1.CI.COC1(C)CCN(C(=O)OC(C)(C)C)CC1.[H-].[Na+]. The Balaban J connectivity index is -0.000000531. The number of halogens is 1. The fraction of sp³-hybridized carbons (Fsp3) is 0.929. The molecular weight excluding hydrogens is 626 g/mol. The topological polar surface area (TPSA) is 97.8 Å². The van der Waals surface area contributed by atoms with Crippen LogP contribution in [0.1, 0.15) is 95.3 Å². The minimum Gasteiger partial charge on any atom is -1.00 e. The number of methoxy groups -OCH3 is 1. The maximum Gasteiger partial charge on any atom is 1.00 e. The summed E-state index contributed by atoms with van der Waals surface area (Å²) < 4.78 is 20.9. The fourth-order valence-electron chi connectivity index (χ4n) is 3.70. The summed E-state index contributed by atoms with van der Waals surface area (Å²) in [4.78, 5) is 28.8. The molecule has 0 aliphatic carbocycles. The molecule has 3 aliphatic heterocycles. The van der Waals surface area contributed by atoms with Crippen molar-refractivity contribution >= 4 is 34.8 Å². The molecule has 0 spiro atoms. The number of carbonyl (C=O) groups excluding carboxylic acids is 2. The van der Waals surface area contributed by atoms with Gasteiger partial charge < -0.3 is 35.3 Å². The molecule has 1 N–H and O–H groups in total. The van der Waals surface area contributed by atoms with E-state index in [2.05, 4.69) is 29.5 Å². The predicted octanol–water partition coefficient (Wildman–Crippen LogP) is 3.16. The van der Waals surface area contributed by atoms with Crippen molar-refractivity contribution in [2.45, 2.75) is 116 Å². The number of amides is 2. The van der Waals surface area contributed by atoms with Crippen LogP contribution in [0.25, 0.3) is 0 Å². The van der Waals surface area contributed by atoms with Crippen LogP contribution in [0.15, 0.2) is 0 Å². The predicted molar refractivity (Wildman–Crippen MR) is 161 cm³/mol. The van der Waals surface area contributed by atoms with E-state index in [-0.39, 0.29) is 48.8 Å². The second kappa shape index (κ2) is 19.4. The van der Waals surface area contributed by atoms with E-state index in [0.717, 1.165) is 26.1 Å². The second-order valence-corrected chi connectivity index (χ2v) is 12.4. The summed E-state index contributed by atoms with van der Waals surface area (Å²) >= 11 is 2.15. The number of hydrogen-bond acceptors (Lipinski definition) is 7. The van der Waals surface area contributed by atoms with E-state index in [0.29, 0.717) is 39.0 Å². The molecule has 3 heterocycles. The van der Waals surface area contributed by atoms with Crippen molar-refractivity contribution in [1.29, 1.82) is 0 Å². The Morgan fingerprint density at radius 2 is 1.13 bits per heavy atom. The molecule has 3 saturated heterocycles. The first-order valence-electron chi connectivity index (χ1n) is 13.6. The number of aliphatic hydroxyl groups is 1. The number of rotatable bonds is 1. The third kappa shape index (κ3) is 19.8. The van der Waals surface area contributed by atoms with Gasteiger partial charge in [0.25, 0.3) is 0 Å². The number of ether oxygens (including phenoxy) is 4. The Bertz CT molecular complexity index is 674. The van der Waals surface area contributed by atoms with E-state index in [4.69, 9.17) is 18.9 Å². The van der Waals surface area contributed by atoms with Crippen LogP contribution in [-0.4, -0.2) is 101 Å². The largest absolute Gasteiger partial charge is 1.00 e. The summed E-state index contributed by atoms with van der Waals surface area (Å²) in [5.74, 6) is 0. The smallest absolute Gasteiger partial charge is 1.00 e. The van der Waals surface area contributed by atoms with Crippen molar-refractivity contribution in [3.05, 3.63) is 0 Å².